The fourth-order valence-corrected chi connectivity index (χ4v) is 2.60. The monoisotopic (exact) mass is 321 g/mol. The van der Waals surface area contributed by atoms with Crippen molar-refractivity contribution in [2.45, 2.75) is 19.9 Å². The fourth-order valence-electron chi connectivity index (χ4n) is 2.35. The molecule has 1 aromatic carbocycles. The number of aromatic nitrogens is 2. The molecule has 0 aliphatic carbocycles. The summed E-state index contributed by atoms with van der Waals surface area (Å²) in [5.74, 6) is -0.0732. The minimum atomic E-state index is -0.0732. The molecule has 6 heteroatoms. The number of hydrogen-bond acceptors (Lipinski definition) is 3. The van der Waals surface area contributed by atoms with Crippen LogP contribution in [-0.4, -0.2) is 38.8 Å². The Balaban J connectivity index is 2.12. The van der Waals surface area contributed by atoms with Crippen LogP contribution in [0.4, 0.5) is 0 Å². The third-order valence-corrected chi connectivity index (χ3v) is 4.01. The maximum absolute atomic E-state index is 12.5. The van der Waals surface area contributed by atoms with E-state index in [-0.39, 0.29) is 18.9 Å². The lowest BCUT2D eigenvalue weighted by atomic mass is 10.1. The second-order valence-electron chi connectivity index (χ2n) is 5.18. The van der Waals surface area contributed by atoms with E-state index in [1.54, 1.807) is 16.6 Å². The number of halogens is 1. The van der Waals surface area contributed by atoms with E-state index in [4.69, 9.17) is 11.6 Å². The van der Waals surface area contributed by atoms with Crippen molar-refractivity contribution < 1.29 is 9.90 Å². The molecular formula is C16H20ClN3O2. The van der Waals surface area contributed by atoms with Crippen molar-refractivity contribution in [2.24, 2.45) is 7.05 Å². The van der Waals surface area contributed by atoms with Crippen LogP contribution >= 0.6 is 11.6 Å². The highest BCUT2D eigenvalue weighted by molar-refractivity contribution is 6.30. The number of carbonyl (C=O) groups excluding carboxylic acids is 1. The maximum atomic E-state index is 12.5. The zero-order valence-corrected chi connectivity index (χ0v) is 13.5. The van der Waals surface area contributed by atoms with E-state index in [0.29, 0.717) is 18.2 Å². The lowest BCUT2D eigenvalue weighted by Crippen LogP contribution is -2.34. The van der Waals surface area contributed by atoms with Gasteiger partial charge in [0, 0.05) is 25.7 Å². The standard InChI is InChI=1S/C16H20ClN3O2/c1-12-14(16(17)19(2)18-12)10-15(22)20(8-9-21)11-13-6-4-3-5-7-13/h3-7,21H,8-11H2,1-2H3. The molecule has 0 fully saturated rings. The first-order valence-electron chi connectivity index (χ1n) is 7.13. The van der Waals surface area contributed by atoms with Gasteiger partial charge in [-0.2, -0.15) is 5.10 Å². The summed E-state index contributed by atoms with van der Waals surface area (Å²) < 4.78 is 1.56. The molecule has 1 aromatic heterocycles. The molecule has 22 heavy (non-hydrogen) atoms. The molecule has 0 atom stereocenters. The van der Waals surface area contributed by atoms with Crippen LogP contribution in [0.2, 0.25) is 5.15 Å². The first-order valence-corrected chi connectivity index (χ1v) is 7.51. The van der Waals surface area contributed by atoms with Gasteiger partial charge in [0.25, 0.3) is 0 Å². The summed E-state index contributed by atoms with van der Waals surface area (Å²) in [5.41, 5.74) is 2.52. The summed E-state index contributed by atoms with van der Waals surface area (Å²) in [7, 11) is 1.75. The minimum Gasteiger partial charge on any atom is -0.395 e. The van der Waals surface area contributed by atoms with Gasteiger partial charge in [-0.25, -0.2) is 0 Å². The maximum Gasteiger partial charge on any atom is 0.227 e. The molecule has 1 amide bonds. The molecule has 0 saturated carbocycles. The van der Waals surface area contributed by atoms with E-state index in [0.717, 1.165) is 16.8 Å². The Morgan fingerprint density at radius 2 is 2.05 bits per heavy atom. The van der Waals surface area contributed by atoms with Gasteiger partial charge in [-0.15, -0.1) is 0 Å². The van der Waals surface area contributed by atoms with Gasteiger partial charge in [0.2, 0.25) is 5.91 Å². The molecule has 0 aliphatic rings. The van der Waals surface area contributed by atoms with Crippen LogP contribution in [0.1, 0.15) is 16.8 Å². The molecule has 0 aliphatic heterocycles. The molecule has 2 aromatic rings. The minimum absolute atomic E-state index is 0.0711. The first kappa shape index (κ1) is 16.5. The molecule has 118 valence electrons. The second kappa shape index (κ2) is 7.42. The van der Waals surface area contributed by atoms with E-state index >= 15 is 0 Å². The predicted octanol–water partition coefficient (Wildman–Crippen LogP) is 1.95. The average Bonchev–Trinajstić information content (AvgIpc) is 2.74. The number of hydrogen-bond donors (Lipinski definition) is 1. The van der Waals surface area contributed by atoms with E-state index in [9.17, 15) is 9.90 Å². The van der Waals surface area contributed by atoms with E-state index < -0.39 is 0 Å². The van der Waals surface area contributed by atoms with Crippen LogP contribution in [0.3, 0.4) is 0 Å². The van der Waals surface area contributed by atoms with Gasteiger partial charge in [-0.05, 0) is 12.5 Å². The van der Waals surface area contributed by atoms with Crippen LogP contribution in [0.25, 0.3) is 0 Å². The molecule has 0 unspecified atom stereocenters. The van der Waals surface area contributed by atoms with Crippen LogP contribution in [-0.2, 0) is 24.8 Å². The van der Waals surface area contributed by atoms with Gasteiger partial charge >= 0.3 is 0 Å². The molecule has 1 heterocycles. The number of nitrogens with zero attached hydrogens (tertiary/aromatic N) is 3. The Morgan fingerprint density at radius 3 is 2.59 bits per heavy atom. The zero-order chi connectivity index (χ0) is 16.1. The Bertz CT molecular complexity index is 640. The Morgan fingerprint density at radius 1 is 1.36 bits per heavy atom. The number of aryl methyl sites for hydroxylation is 2. The third-order valence-electron chi connectivity index (χ3n) is 3.54. The van der Waals surface area contributed by atoms with Crippen molar-refractivity contribution >= 4 is 17.5 Å². The number of benzene rings is 1. The molecule has 5 nitrogen and oxygen atoms in total. The summed E-state index contributed by atoms with van der Waals surface area (Å²) in [6.45, 7) is 2.53. The van der Waals surface area contributed by atoms with Gasteiger partial charge in [-0.3, -0.25) is 9.48 Å². The highest BCUT2D eigenvalue weighted by atomic mass is 35.5. The smallest absolute Gasteiger partial charge is 0.227 e. The Labute approximate surface area is 135 Å². The van der Waals surface area contributed by atoms with Gasteiger partial charge < -0.3 is 10.0 Å². The van der Waals surface area contributed by atoms with Gasteiger partial charge in [-0.1, -0.05) is 41.9 Å². The van der Waals surface area contributed by atoms with Crippen molar-refractivity contribution in [1.82, 2.24) is 14.7 Å². The number of amides is 1. The van der Waals surface area contributed by atoms with Crippen molar-refractivity contribution in [3.05, 3.63) is 52.3 Å². The van der Waals surface area contributed by atoms with E-state index in [1.165, 1.54) is 0 Å². The number of aliphatic hydroxyl groups excluding tert-OH is 1. The molecule has 1 N–H and O–H groups in total. The second-order valence-corrected chi connectivity index (χ2v) is 5.54. The molecule has 0 spiro atoms. The summed E-state index contributed by atoms with van der Waals surface area (Å²) in [5, 5.41) is 13.9. The van der Waals surface area contributed by atoms with Crippen molar-refractivity contribution in [2.75, 3.05) is 13.2 Å². The largest absolute Gasteiger partial charge is 0.395 e. The van der Waals surface area contributed by atoms with Crippen LogP contribution in [0.5, 0.6) is 0 Å². The van der Waals surface area contributed by atoms with Crippen LogP contribution < -0.4 is 0 Å². The van der Waals surface area contributed by atoms with Crippen molar-refractivity contribution in [3.8, 4) is 0 Å². The number of rotatable bonds is 6. The predicted molar refractivity (Wildman–Crippen MR) is 85.6 cm³/mol. The SMILES string of the molecule is Cc1nn(C)c(Cl)c1CC(=O)N(CCO)Cc1ccccc1. The van der Waals surface area contributed by atoms with Crippen LogP contribution in [0.15, 0.2) is 30.3 Å². The van der Waals surface area contributed by atoms with E-state index in [2.05, 4.69) is 5.10 Å². The van der Waals surface area contributed by atoms with E-state index in [1.807, 2.05) is 37.3 Å². The summed E-state index contributed by atoms with van der Waals surface area (Å²) in [4.78, 5) is 14.2. The lowest BCUT2D eigenvalue weighted by molar-refractivity contribution is -0.131. The Hall–Kier alpha value is -1.85. The topological polar surface area (TPSA) is 58.4 Å². The lowest BCUT2D eigenvalue weighted by Gasteiger charge is -2.22. The quantitative estimate of drug-likeness (QED) is 0.884. The molecular weight excluding hydrogens is 302 g/mol. The zero-order valence-electron chi connectivity index (χ0n) is 12.8. The van der Waals surface area contributed by atoms with Crippen molar-refractivity contribution in [1.29, 1.82) is 0 Å². The van der Waals surface area contributed by atoms with Gasteiger partial charge in [0.1, 0.15) is 5.15 Å². The first-order chi connectivity index (χ1) is 10.5. The normalized spacial score (nSPS) is 10.7. The molecule has 0 bridgehead atoms. The fraction of sp³-hybridized carbons (Fsp3) is 0.375. The summed E-state index contributed by atoms with van der Waals surface area (Å²) in [6, 6.07) is 9.71. The highest BCUT2D eigenvalue weighted by Crippen LogP contribution is 2.20. The van der Waals surface area contributed by atoms with Crippen molar-refractivity contribution in [3.63, 3.8) is 0 Å². The molecule has 0 radical (unpaired) electrons. The van der Waals surface area contributed by atoms with Gasteiger partial charge in [0.15, 0.2) is 0 Å². The molecule has 0 saturated heterocycles. The Kier molecular flexibility index (Phi) is 5.57. The third kappa shape index (κ3) is 3.87. The number of aliphatic hydroxyl groups is 1. The van der Waals surface area contributed by atoms with Crippen LogP contribution in [0, 0.1) is 6.92 Å². The molecule has 2 rings (SSSR count). The number of carbonyl (C=O) groups is 1. The average molecular weight is 322 g/mol. The van der Waals surface area contributed by atoms with Gasteiger partial charge in [0.05, 0.1) is 18.7 Å². The highest BCUT2D eigenvalue weighted by Gasteiger charge is 2.19. The summed E-state index contributed by atoms with van der Waals surface area (Å²) >= 11 is 6.18. The summed E-state index contributed by atoms with van der Waals surface area (Å²) in [6.07, 6.45) is 0.186.